The number of hydrogen-bond donors (Lipinski definition) is 1. The highest BCUT2D eigenvalue weighted by molar-refractivity contribution is 7.18. The molecular weight excluding hydrogens is 210 g/mol. The fraction of sp³-hybridized carbons (Fsp3) is 0.400. The number of thiophene rings is 1. The van der Waals surface area contributed by atoms with E-state index in [1.807, 2.05) is 6.07 Å². The number of nitrogens with two attached hydrogens (primary N) is 1. The molecule has 2 aromatic rings. The number of aromatic nitrogens is 2. The summed E-state index contributed by atoms with van der Waals surface area (Å²) in [4.78, 5) is 18.1. The topological polar surface area (TPSA) is 60.9 Å². The molecule has 0 unspecified atom stereocenters. The van der Waals surface area contributed by atoms with Gasteiger partial charge in [0.1, 0.15) is 10.7 Å². The summed E-state index contributed by atoms with van der Waals surface area (Å²) >= 11 is 1.58. The Bertz CT molecular complexity index is 556. The predicted octanol–water partition coefficient (Wildman–Crippen LogP) is 1.43. The summed E-state index contributed by atoms with van der Waals surface area (Å²) in [5.41, 5.74) is -0.156. The van der Waals surface area contributed by atoms with Crippen LogP contribution in [0.15, 0.2) is 10.9 Å². The first-order valence-electron chi connectivity index (χ1n) is 4.90. The fourth-order valence-corrected chi connectivity index (χ4v) is 2.68. The molecular formula is C10H13N3OS. The molecule has 2 heterocycles. The van der Waals surface area contributed by atoms with E-state index in [2.05, 4.69) is 11.9 Å². The third-order valence-corrected chi connectivity index (χ3v) is 3.41. The third kappa shape index (κ3) is 1.63. The van der Waals surface area contributed by atoms with Crippen molar-refractivity contribution in [1.29, 1.82) is 0 Å². The van der Waals surface area contributed by atoms with E-state index in [4.69, 9.17) is 5.84 Å². The number of fused-ring (bicyclic) bond motifs is 1. The van der Waals surface area contributed by atoms with Gasteiger partial charge in [-0.15, -0.1) is 11.3 Å². The lowest BCUT2D eigenvalue weighted by Crippen LogP contribution is -2.29. The molecule has 2 rings (SSSR count). The summed E-state index contributed by atoms with van der Waals surface area (Å²) in [6.45, 7) is 3.85. The molecule has 0 saturated heterocycles. The number of hydrogen-bond acceptors (Lipinski definition) is 4. The van der Waals surface area contributed by atoms with Gasteiger partial charge in [-0.3, -0.25) is 4.79 Å². The van der Waals surface area contributed by atoms with Crippen LogP contribution in [0, 0.1) is 6.92 Å². The Morgan fingerprint density at radius 2 is 2.33 bits per heavy atom. The van der Waals surface area contributed by atoms with Crippen molar-refractivity contribution in [2.45, 2.75) is 26.7 Å². The summed E-state index contributed by atoms with van der Waals surface area (Å²) in [5, 5.41) is 0.636. The average molecular weight is 223 g/mol. The highest BCUT2D eigenvalue weighted by Gasteiger charge is 2.09. The van der Waals surface area contributed by atoms with Gasteiger partial charge in [0.05, 0.1) is 5.39 Å². The maximum atomic E-state index is 11.8. The Morgan fingerprint density at radius 1 is 1.60 bits per heavy atom. The molecule has 0 aliphatic rings. The van der Waals surface area contributed by atoms with E-state index in [0.717, 1.165) is 22.3 Å². The van der Waals surface area contributed by atoms with Crippen LogP contribution in [0.4, 0.5) is 0 Å². The zero-order valence-corrected chi connectivity index (χ0v) is 9.60. The molecule has 4 nitrogen and oxygen atoms in total. The molecule has 0 aromatic carbocycles. The largest absolute Gasteiger partial charge is 0.335 e. The number of nitrogen functional groups attached to an aromatic ring is 1. The van der Waals surface area contributed by atoms with Crippen LogP contribution in [0.1, 0.15) is 24.0 Å². The quantitative estimate of drug-likeness (QED) is 0.783. The van der Waals surface area contributed by atoms with Crippen molar-refractivity contribution in [2.24, 2.45) is 0 Å². The summed E-state index contributed by atoms with van der Waals surface area (Å²) in [7, 11) is 0. The van der Waals surface area contributed by atoms with Crippen LogP contribution in [0.5, 0.6) is 0 Å². The zero-order valence-electron chi connectivity index (χ0n) is 8.78. The van der Waals surface area contributed by atoms with Crippen molar-refractivity contribution in [3.8, 4) is 0 Å². The first-order chi connectivity index (χ1) is 7.13. The minimum atomic E-state index is -0.156. The molecule has 0 spiro atoms. The second kappa shape index (κ2) is 3.66. The van der Waals surface area contributed by atoms with Gasteiger partial charge < -0.3 is 5.84 Å². The lowest BCUT2D eigenvalue weighted by atomic mass is 10.2. The summed E-state index contributed by atoms with van der Waals surface area (Å²) in [6, 6.07) is 1.90. The Labute approximate surface area is 91.3 Å². The van der Waals surface area contributed by atoms with Gasteiger partial charge in [-0.1, -0.05) is 13.3 Å². The number of aryl methyl sites for hydroxylation is 2. The number of rotatable bonds is 2. The molecule has 0 fully saturated rings. The van der Waals surface area contributed by atoms with E-state index in [1.165, 1.54) is 4.88 Å². The monoisotopic (exact) mass is 223 g/mol. The normalized spacial score (nSPS) is 11.1. The minimum Gasteiger partial charge on any atom is -0.335 e. The van der Waals surface area contributed by atoms with Gasteiger partial charge in [0.25, 0.3) is 5.56 Å². The van der Waals surface area contributed by atoms with Gasteiger partial charge in [0, 0.05) is 4.88 Å². The predicted molar refractivity (Wildman–Crippen MR) is 62.8 cm³/mol. The van der Waals surface area contributed by atoms with Crippen LogP contribution >= 0.6 is 11.3 Å². The van der Waals surface area contributed by atoms with Crippen molar-refractivity contribution in [3.63, 3.8) is 0 Å². The van der Waals surface area contributed by atoms with Gasteiger partial charge in [-0.25, -0.2) is 9.66 Å². The molecule has 5 heteroatoms. The van der Waals surface area contributed by atoms with Gasteiger partial charge in [0.2, 0.25) is 0 Å². The maximum Gasteiger partial charge on any atom is 0.280 e. The molecule has 0 aliphatic heterocycles. The van der Waals surface area contributed by atoms with Crippen molar-refractivity contribution < 1.29 is 0 Å². The maximum absolute atomic E-state index is 11.8. The molecule has 2 aromatic heterocycles. The summed E-state index contributed by atoms with van der Waals surface area (Å²) in [6.07, 6.45) is 2.06. The Hall–Kier alpha value is -1.36. The summed E-state index contributed by atoms with van der Waals surface area (Å²) in [5.74, 6) is 6.13. The van der Waals surface area contributed by atoms with Crippen molar-refractivity contribution in [2.75, 3.05) is 5.84 Å². The van der Waals surface area contributed by atoms with Crippen LogP contribution in [-0.4, -0.2) is 9.66 Å². The van der Waals surface area contributed by atoms with E-state index in [-0.39, 0.29) is 5.56 Å². The van der Waals surface area contributed by atoms with Crippen LogP contribution in [0.3, 0.4) is 0 Å². The second-order valence-electron chi connectivity index (χ2n) is 3.52. The fourth-order valence-electron chi connectivity index (χ4n) is 1.51. The lowest BCUT2D eigenvalue weighted by molar-refractivity contribution is 0.854. The first-order valence-corrected chi connectivity index (χ1v) is 5.72. The van der Waals surface area contributed by atoms with Crippen molar-refractivity contribution >= 4 is 21.6 Å². The molecule has 80 valence electrons. The molecule has 0 saturated carbocycles. The Kier molecular flexibility index (Phi) is 2.48. The van der Waals surface area contributed by atoms with Crippen LogP contribution in [0.25, 0.3) is 10.2 Å². The summed E-state index contributed by atoms with van der Waals surface area (Å²) < 4.78 is 1.10. The minimum absolute atomic E-state index is 0.156. The van der Waals surface area contributed by atoms with Crippen molar-refractivity contribution in [3.05, 3.63) is 27.1 Å². The van der Waals surface area contributed by atoms with E-state index in [1.54, 1.807) is 18.3 Å². The van der Waals surface area contributed by atoms with E-state index in [9.17, 15) is 4.79 Å². The molecule has 0 amide bonds. The van der Waals surface area contributed by atoms with Crippen LogP contribution < -0.4 is 11.4 Å². The molecule has 0 atom stereocenters. The Morgan fingerprint density at radius 3 is 3.00 bits per heavy atom. The molecule has 2 N–H and O–H groups in total. The van der Waals surface area contributed by atoms with E-state index in [0.29, 0.717) is 11.2 Å². The molecule has 0 radical (unpaired) electrons. The molecule has 0 aliphatic carbocycles. The standard InChI is InChI=1S/C10H13N3OS/c1-3-4-7-5-8-9(15-7)12-6(2)13(11)10(8)14/h5H,3-4,11H2,1-2H3. The van der Waals surface area contributed by atoms with E-state index >= 15 is 0 Å². The van der Waals surface area contributed by atoms with Gasteiger partial charge in [-0.2, -0.15) is 0 Å². The highest BCUT2D eigenvalue weighted by atomic mass is 32.1. The third-order valence-electron chi connectivity index (χ3n) is 2.32. The molecule has 15 heavy (non-hydrogen) atoms. The SMILES string of the molecule is CCCc1cc2c(=O)n(N)c(C)nc2s1. The lowest BCUT2D eigenvalue weighted by Gasteiger charge is -2.00. The number of nitrogens with zero attached hydrogens (tertiary/aromatic N) is 2. The van der Waals surface area contributed by atoms with Crippen LogP contribution in [-0.2, 0) is 6.42 Å². The average Bonchev–Trinajstić information content (AvgIpc) is 2.58. The highest BCUT2D eigenvalue weighted by Crippen LogP contribution is 2.22. The zero-order chi connectivity index (χ0) is 11.0. The molecule has 0 bridgehead atoms. The van der Waals surface area contributed by atoms with Crippen LogP contribution in [0.2, 0.25) is 0 Å². The van der Waals surface area contributed by atoms with Gasteiger partial charge in [0.15, 0.2) is 0 Å². The van der Waals surface area contributed by atoms with Crippen molar-refractivity contribution in [1.82, 2.24) is 9.66 Å². The smallest absolute Gasteiger partial charge is 0.280 e. The van der Waals surface area contributed by atoms with E-state index < -0.39 is 0 Å². The Balaban J connectivity index is 2.71. The van der Waals surface area contributed by atoms with Gasteiger partial charge in [-0.05, 0) is 19.4 Å². The van der Waals surface area contributed by atoms with Gasteiger partial charge >= 0.3 is 0 Å². The second-order valence-corrected chi connectivity index (χ2v) is 4.63. The first kappa shape index (κ1) is 10.2.